The van der Waals surface area contributed by atoms with Crippen LogP contribution in [0, 0.1) is 23.2 Å². The van der Waals surface area contributed by atoms with Gasteiger partial charge in [-0.2, -0.15) is 8.42 Å². The van der Waals surface area contributed by atoms with Crippen LogP contribution in [0.25, 0.3) is 0 Å². The Morgan fingerprint density at radius 1 is 1.39 bits per heavy atom. The zero-order valence-electron chi connectivity index (χ0n) is 11.0. The first kappa shape index (κ1) is 15.4. The predicted octanol–water partition coefficient (Wildman–Crippen LogP) is 0.664. The van der Waals surface area contributed by atoms with Gasteiger partial charge in [-0.3, -0.25) is 9.35 Å². The standard InChI is InChI=1S/C11H20O6S/c1-6(2)5-17-9(12)7-8(11(7,3)4)10(13)18(14,15)16/h6-8,10,13H,5H2,1-4H3,(H,14,15,16)/t7-,8-,10?/m0/s1. The van der Waals surface area contributed by atoms with Crippen molar-refractivity contribution < 1.29 is 27.6 Å². The summed E-state index contributed by atoms with van der Waals surface area (Å²) in [6.07, 6.45) is 0. The van der Waals surface area contributed by atoms with Crippen LogP contribution >= 0.6 is 0 Å². The van der Waals surface area contributed by atoms with E-state index in [9.17, 15) is 18.3 Å². The third-order valence-electron chi connectivity index (χ3n) is 3.34. The van der Waals surface area contributed by atoms with Crippen LogP contribution in [0.5, 0.6) is 0 Å². The van der Waals surface area contributed by atoms with Gasteiger partial charge in [0.2, 0.25) is 0 Å². The molecule has 6 nitrogen and oxygen atoms in total. The van der Waals surface area contributed by atoms with Crippen molar-refractivity contribution in [3.63, 3.8) is 0 Å². The molecule has 0 heterocycles. The Bertz CT molecular complexity index is 425. The molecular weight excluding hydrogens is 260 g/mol. The number of hydrogen-bond donors (Lipinski definition) is 2. The summed E-state index contributed by atoms with van der Waals surface area (Å²) in [5.74, 6) is -1.87. The molecule has 0 bridgehead atoms. The lowest BCUT2D eigenvalue weighted by Crippen LogP contribution is -2.25. The summed E-state index contributed by atoms with van der Waals surface area (Å²) in [5, 5.41) is 9.51. The molecule has 0 aromatic heterocycles. The Kier molecular flexibility index (Phi) is 4.10. The molecule has 7 heteroatoms. The molecule has 1 aliphatic carbocycles. The summed E-state index contributed by atoms with van der Waals surface area (Å²) in [6, 6.07) is 0. The molecule has 1 saturated carbocycles. The van der Waals surface area contributed by atoms with Gasteiger partial charge in [0, 0.05) is 5.92 Å². The van der Waals surface area contributed by atoms with Gasteiger partial charge >= 0.3 is 5.97 Å². The van der Waals surface area contributed by atoms with Gasteiger partial charge in [0.15, 0.2) is 5.44 Å². The van der Waals surface area contributed by atoms with Crippen LogP contribution in [0.15, 0.2) is 0 Å². The van der Waals surface area contributed by atoms with Gasteiger partial charge in [-0.1, -0.05) is 27.7 Å². The Morgan fingerprint density at radius 3 is 2.28 bits per heavy atom. The van der Waals surface area contributed by atoms with E-state index in [1.54, 1.807) is 13.8 Å². The topological polar surface area (TPSA) is 101 Å². The second kappa shape index (κ2) is 4.79. The lowest BCUT2D eigenvalue weighted by Gasteiger charge is -2.08. The summed E-state index contributed by atoms with van der Waals surface area (Å²) in [7, 11) is -4.56. The largest absolute Gasteiger partial charge is 0.465 e. The summed E-state index contributed by atoms with van der Waals surface area (Å²) in [4.78, 5) is 11.8. The fourth-order valence-corrected chi connectivity index (χ4v) is 3.06. The summed E-state index contributed by atoms with van der Waals surface area (Å²) >= 11 is 0. The zero-order valence-corrected chi connectivity index (χ0v) is 11.8. The van der Waals surface area contributed by atoms with Gasteiger partial charge in [-0.15, -0.1) is 0 Å². The monoisotopic (exact) mass is 280 g/mol. The number of hydrogen-bond acceptors (Lipinski definition) is 5. The summed E-state index contributed by atoms with van der Waals surface area (Å²) < 4.78 is 35.6. The first-order valence-corrected chi connectivity index (χ1v) is 7.31. The minimum Gasteiger partial charge on any atom is -0.465 e. The fourth-order valence-electron chi connectivity index (χ4n) is 2.18. The van der Waals surface area contributed by atoms with Crippen molar-refractivity contribution in [2.24, 2.45) is 23.2 Å². The highest BCUT2D eigenvalue weighted by atomic mass is 32.2. The number of esters is 1. The number of aliphatic hydroxyl groups is 1. The van der Waals surface area contributed by atoms with E-state index < -0.39 is 38.8 Å². The third-order valence-corrected chi connectivity index (χ3v) is 4.24. The summed E-state index contributed by atoms with van der Waals surface area (Å²) in [6.45, 7) is 7.34. The lowest BCUT2D eigenvalue weighted by molar-refractivity contribution is -0.147. The number of aliphatic hydroxyl groups excluding tert-OH is 1. The summed E-state index contributed by atoms with van der Waals surface area (Å²) in [5.41, 5.74) is -2.63. The number of ether oxygens (including phenoxy) is 1. The van der Waals surface area contributed by atoms with Crippen LogP contribution in [0.3, 0.4) is 0 Å². The van der Waals surface area contributed by atoms with Crippen molar-refractivity contribution in [2.45, 2.75) is 33.1 Å². The van der Waals surface area contributed by atoms with E-state index >= 15 is 0 Å². The van der Waals surface area contributed by atoms with Crippen LogP contribution in [0.4, 0.5) is 0 Å². The molecule has 106 valence electrons. The lowest BCUT2D eigenvalue weighted by atomic mass is 10.1. The quantitative estimate of drug-likeness (QED) is 0.567. The van der Waals surface area contributed by atoms with Crippen molar-refractivity contribution in [1.82, 2.24) is 0 Å². The van der Waals surface area contributed by atoms with Crippen LogP contribution in [0.1, 0.15) is 27.7 Å². The maximum atomic E-state index is 11.8. The molecule has 1 aliphatic rings. The zero-order chi connectivity index (χ0) is 14.3. The van der Waals surface area contributed by atoms with E-state index in [-0.39, 0.29) is 12.5 Å². The first-order valence-electron chi connectivity index (χ1n) is 5.80. The van der Waals surface area contributed by atoms with Gasteiger partial charge < -0.3 is 9.84 Å². The van der Waals surface area contributed by atoms with E-state index in [2.05, 4.69) is 0 Å². The SMILES string of the molecule is CC(C)COC(=O)[C@@H]1[C@@H](C(O)S(=O)(=O)O)C1(C)C. The van der Waals surface area contributed by atoms with E-state index in [4.69, 9.17) is 9.29 Å². The van der Waals surface area contributed by atoms with E-state index in [0.29, 0.717) is 0 Å². The molecule has 2 N–H and O–H groups in total. The van der Waals surface area contributed by atoms with Crippen molar-refractivity contribution in [2.75, 3.05) is 6.61 Å². The minimum absolute atomic E-state index is 0.181. The van der Waals surface area contributed by atoms with Gasteiger partial charge in [-0.05, 0) is 11.3 Å². The number of carbonyl (C=O) groups is 1. The van der Waals surface area contributed by atoms with E-state index in [1.807, 2.05) is 13.8 Å². The molecule has 0 saturated heterocycles. The second-order valence-corrected chi connectivity index (χ2v) is 7.27. The molecule has 1 rings (SSSR count). The molecule has 1 fully saturated rings. The molecule has 3 atom stereocenters. The van der Waals surface area contributed by atoms with Crippen LogP contribution in [-0.2, 0) is 19.6 Å². The molecule has 0 aliphatic heterocycles. The Hall–Kier alpha value is -0.660. The Labute approximate surface area is 107 Å². The molecule has 0 spiro atoms. The highest BCUT2D eigenvalue weighted by molar-refractivity contribution is 7.86. The van der Waals surface area contributed by atoms with Crippen LogP contribution in [-0.4, -0.2) is 36.1 Å². The molecule has 0 aromatic rings. The number of carbonyl (C=O) groups excluding carboxylic acids is 1. The van der Waals surface area contributed by atoms with Crippen LogP contribution in [0.2, 0.25) is 0 Å². The Morgan fingerprint density at radius 2 is 1.89 bits per heavy atom. The van der Waals surface area contributed by atoms with Gasteiger partial charge in [-0.25, -0.2) is 0 Å². The van der Waals surface area contributed by atoms with Crippen molar-refractivity contribution in [3.05, 3.63) is 0 Å². The molecule has 0 aromatic carbocycles. The second-order valence-electron chi connectivity index (χ2n) is 5.75. The maximum Gasteiger partial charge on any atom is 0.309 e. The predicted molar refractivity (Wildman–Crippen MR) is 64.1 cm³/mol. The maximum absolute atomic E-state index is 11.8. The number of rotatable bonds is 5. The average molecular weight is 280 g/mol. The molecule has 0 radical (unpaired) electrons. The van der Waals surface area contributed by atoms with Gasteiger partial charge in [0.25, 0.3) is 10.1 Å². The van der Waals surface area contributed by atoms with Gasteiger partial charge in [0.05, 0.1) is 12.5 Å². The van der Waals surface area contributed by atoms with Crippen LogP contribution < -0.4 is 0 Å². The molecule has 18 heavy (non-hydrogen) atoms. The minimum atomic E-state index is -4.56. The molecule has 0 amide bonds. The van der Waals surface area contributed by atoms with E-state index in [0.717, 1.165) is 0 Å². The molecular formula is C11H20O6S. The molecule has 1 unspecified atom stereocenters. The highest BCUT2D eigenvalue weighted by Gasteiger charge is 2.67. The first-order chi connectivity index (χ1) is 7.99. The van der Waals surface area contributed by atoms with Crippen molar-refractivity contribution >= 4 is 16.1 Å². The fraction of sp³-hybridized carbons (Fsp3) is 0.909. The Balaban J connectivity index is 2.72. The van der Waals surface area contributed by atoms with Crippen molar-refractivity contribution in [3.8, 4) is 0 Å². The normalized spacial score (nSPS) is 27.9. The van der Waals surface area contributed by atoms with E-state index in [1.165, 1.54) is 0 Å². The van der Waals surface area contributed by atoms with Crippen molar-refractivity contribution in [1.29, 1.82) is 0 Å². The highest BCUT2D eigenvalue weighted by Crippen LogP contribution is 2.61. The average Bonchev–Trinajstić information content (AvgIpc) is 2.75. The van der Waals surface area contributed by atoms with Gasteiger partial charge in [0.1, 0.15) is 0 Å². The third kappa shape index (κ3) is 3.02. The smallest absolute Gasteiger partial charge is 0.309 e.